The van der Waals surface area contributed by atoms with Crippen LogP contribution in [0.25, 0.3) is 0 Å². The van der Waals surface area contributed by atoms with Gasteiger partial charge < -0.3 is 20.3 Å². The molecule has 7 nitrogen and oxygen atoms in total. The number of carbonyl (C=O) groups is 2. The molecule has 128 valence electrons. The zero-order valence-electron chi connectivity index (χ0n) is 13.6. The summed E-state index contributed by atoms with van der Waals surface area (Å²) in [6.45, 7) is 1.70. The zero-order chi connectivity index (χ0) is 17.2. The number of nitrogens with zero attached hydrogens (tertiary/aromatic N) is 2. The van der Waals surface area contributed by atoms with E-state index in [9.17, 15) is 9.59 Å². The minimum absolute atomic E-state index is 0.0451. The van der Waals surface area contributed by atoms with Gasteiger partial charge in [-0.05, 0) is 11.6 Å². The van der Waals surface area contributed by atoms with Crippen LogP contribution in [-0.2, 0) is 16.1 Å². The van der Waals surface area contributed by atoms with Crippen LogP contribution in [0, 0.1) is 0 Å². The van der Waals surface area contributed by atoms with Crippen molar-refractivity contribution in [3.63, 3.8) is 0 Å². The van der Waals surface area contributed by atoms with Gasteiger partial charge in [-0.3, -0.25) is 9.59 Å². The molecule has 7 heteroatoms. The summed E-state index contributed by atoms with van der Waals surface area (Å²) in [6.07, 6.45) is 1.52. The number of rotatable bonds is 4. The molecule has 0 unspecified atom stereocenters. The number of aromatic nitrogens is 1. The normalized spacial score (nSPS) is 16.6. The van der Waals surface area contributed by atoms with Crippen LogP contribution in [0.5, 0.6) is 0 Å². The average Bonchev–Trinajstić information content (AvgIpc) is 2.61. The summed E-state index contributed by atoms with van der Waals surface area (Å²) >= 11 is 0. The number of amides is 2. The van der Waals surface area contributed by atoms with E-state index in [1.165, 1.54) is 6.20 Å². The summed E-state index contributed by atoms with van der Waals surface area (Å²) in [4.78, 5) is 30.7. The third-order valence-electron chi connectivity index (χ3n) is 4.29. The highest BCUT2D eigenvalue weighted by Gasteiger charge is 2.27. The van der Waals surface area contributed by atoms with Crippen LogP contribution >= 0.6 is 0 Å². The number of fused-ring (bicyclic) bond motifs is 1. The summed E-state index contributed by atoms with van der Waals surface area (Å²) in [6, 6.07) is 11.5. The molecule has 2 aliphatic rings. The number of pyridine rings is 1. The van der Waals surface area contributed by atoms with Crippen molar-refractivity contribution < 1.29 is 14.3 Å². The lowest BCUT2D eigenvalue weighted by Crippen LogP contribution is -2.48. The molecule has 2 amide bonds. The number of ether oxygens (including phenoxy) is 1. The van der Waals surface area contributed by atoms with Crippen molar-refractivity contribution in [3.05, 3.63) is 53.7 Å². The molecular formula is C18H18N4O3. The van der Waals surface area contributed by atoms with Crippen molar-refractivity contribution >= 4 is 23.3 Å². The molecule has 1 fully saturated rings. The number of hydrogen-bond donors (Lipinski definition) is 2. The van der Waals surface area contributed by atoms with Crippen LogP contribution < -0.4 is 15.5 Å². The summed E-state index contributed by atoms with van der Waals surface area (Å²) < 4.78 is 5.07. The maximum atomic E-state index is 12.4. The molecule has 1 saturated heterocycles. The quantitative estimate of drug-likeness (QED) is 0.874. The summed E-state index contributed by atoms with van der Waals surface area (Å²) in [5, 5.41) is 5.89. The van der Waals surface area contributed by atoms with Gasteiger partial charge in [-0.1, -0.05) is 30.3 Å². The molecule has 2 aromatic rings. The van der Waals surface area contributed by atoms with Gasteiger partial charge in [-0.15, -0.1) is 0 Å². The Hall–Kier alpha value is -2.93. The second-order valence-electron chi connectivity index (χ2n) is 6.12. The van der Waals surface area contributed by atoms with Gasteiger partial charge in [0, 0.05) is 6.20 Å². The Balaban J connectivity index is 1.61. The number of hydrogen-bond acceptors (Lipinski definition) is 5. The lowest BCUT2D eigenvalue weighted by Gasteiger charge is -2.30. The molecule has 4 rings (SSSR count). The van der Waals surface area contributed by atoms with Gasteiger partial charge in [0.05, 0.1) is 43.6 Å². The summed E-state index contributed by atoms with van der Waals surface area (Å²) in [7, 11) is 0. The van der Waals surface area contributed by atoms with Crippen molar-refractivity contribution in [3.8, 4) is 0 Å². The molecule has 0 atom stereocenters. The van der Waals surface area contributed by atoms with Crippen LogP contribution in [0.15, 0.2) is 42.6 Å². The highest BCUT2D eigenvalue weighted by atomic mass is 16.5. The third kappa shape index (κ3) is 3.18. The molecule has 0 radical (unpaired) electrons. The van der Waals surface area contributed by atoms with E-state index in [1.54, 1.807) is 11.0 Å². The maximum Gasteiger partial charge on any atom is 0.253 e. The first-order valence-electron chi connectivity index (χ1n) is 8.17. The van der Waals surface area contributed by atoms with Crippen molar-refractivity contribution in [1.29, 1.82) is 0 Å². The smallest absolute Gasteiger partial charge is 0.253 e. The molecule has 1 aromatic heterocycles. The first-order chi connectivity index (χ1) is 12.2. The highest BCUT2D eigenvalue weighted by Crippen LogP contribution is 2.29. The van der Waals surface area contributed by atoms with E-state index in [4.69, 9.17) is 4.74 Å². The van der Waals surface area contributed by atoms with E-state index in [2.05, 4.69) is 15.6 Å². The van der Waals surface area contributed by atoms with Crippen molar-refractivity contribution in [2.24, 2.45) is 0 Å². The Labute approximate surface area is 145 Å². The van der Waals surface area contributed by atoms with Crippen LogP contribution in [0.1, 0.15) is 15.9 Å². The molecule has 0 spiro atoms. The molecule has 25 heavy (non-hydrogen) atoms. The second-order valence-corrected chi connectivity index (χ2v) is 6.12. The Morgan fingerprint density at radius 1 is 1.32 bits per heavy atom. The first-order valence-corrected chi connectivity index (χ1v) is 8.17. The predicted molar refractivity (Wildman–Crippen MR) is 92.4 cm³/mol. The van der Waals surface area contributed by atoms with Gasteiger partial charge in [0.25, 0.3) is 5.91 Å². The second kappa shape index (κ2) is 6.52. The molecule has 2 aliphatic heterocycles. The van der Waals surface area contributed by atoms with Crippen molar-refractivity contribution in [1.82, 2.24) is 10.3 Å². The summed E-state index contributed by atoms with van der Waals surface area (Å²) in [5.41, 5.74) is 2.07. The molecule has 2 N–H and O–H groups in total. The van der Waals surface area contributed by atoms with E-state index in [0.717, 1.165) is 5.56 Å². The number of benzene rings is 1. The van der Waals surface area contributed by atoms with Crippen molar-refractivity contribution in [2.75, 3.05) is 30.0 Å². The van der Waals surface area contributed by atoms with Crippen LogP contribution in [0.2, 0.25) is 0 Å². The SMILES string of the molecule is O=C(NC1COC1)c1cnc2c(c1)N(Cc1ccccc1)C(=O)CN2. The van der Waals surface area contributed by atoms with Gasteiger partial charge in [-0.25, -0.2) is 4.98 Å². The fourth-order valence-corrected chi connectivity index (χ4v) is 2.84. The Morgan fingerprint density at radius 2 is 2.12 bits per heavy atom. The summed E-state index contributed by atoms with van der Waals surface area (Å²) in [5.74, 6) is 0.350. The van der Waals surface area contributed by atoms with Gasteiger partial charge in [-0.2, -0.15) is 0 Å². The topological polar surface area (TPSA) is 83.6 Å². The monoisotopic (exact) mass is 338 g/mol. The van der Waals surface area contributed by atoms with Crippen LogP contribution in [-0.4, -0.2) is 42.6 Å². The Kier molecular flexibility index (Phi) is 4.07. The minimum Gasteiger partial charge on any atom is -0.377 e. The van der Waals surface area contributed by atoms with Crippen molar-refractivity contribution in [2.45, 2.75) is 12.6 Å². The lowest BCUT2D eigenvalue weighted by molar-refractivity contribution is -0.117. The predicted octanol–water partition coefficient (Wildman–Crippen LogP) is 1.17. The molecule has 3 heterocycles. The standard InChI is InChI=1S/C18H18N4O3/c23-16-8-20-17-15(22(16)9-12-4-2-1-3-5-12)6-13(7-19-17)18(24)21-14-10-25-11-14/h1-7,14H,8-11H2,(H,19,20)(H,21,24). The van der Waals surface area contributed by atoms with Crippen LogP contribution in [0.3, 0.4) is 0 Å². The lowest BCUT2D eigenvalue weighted by atomic mass is 10.1. The largest absolute Gasteiger partial charge is 0.377 e. The van der Waals surface area contributed by atoms with E-state index in [-0.39, 0.29) is 24.4 Å². The molecular weight excluding hydrogens is 320 g/mol. The maximum absolute atomic E-state index is 12.4. The van der Waals surface area contributed by atoms with Gasteiger partial charge >= 0.3 is 0 Å². The van der Waals surface area contributed by atoms with Gasteiger partial charge in [0.1, 0.15) is 0 Å². The van der Waals surface area contributed by atoms with E-state index in [0.29, 0.717) is 36.8 Å². The molecule has 0 aliphatic carbocycles. The average molecular weight is 338 g/mol. The third-order valence-corrected chi connectivity index (χ3v) is 4.29. The molecule has 0 bridgehead atoms. The minimum atomic E-state index is -0.207. The highest BCUT2D eigenvalue weighted by molar-refractivity contribution is 6.04. The van der Waals surface area contributed by atoms with Gasteiger partial charge in [0.15, 0.2) is 5.82 Å². The van der Waals surface area contributed by atoms with Crippen LogP contribution in [0.4, 0.5) is 11.5 Å². The fraction of sp³-hybridized carbons (Fsp3) is 0.278. The first kappa shape index (κ1) is 15.6. The zero-order valence-corrected chi connectivity index (χ0v) is 13.6. The van der Waals surface area contributed by atoms with Gasteiger partial charge in [0.2, 0.25) is 5.91 Å². The number of nitrogens with one attached hydrogen (secondary N) is 2. The van der Waals surface area contributed by atoms with E-state index >= 15 is 0 Å². The fourth-order valence-electron chi connectivity index (χ4n) is 2.84. The molecule has 1 aromatic carbocycles. The Morgan fingerprint density at radius 3 is 2.84 bits per heavy atom. The van der Waals surface area contributed by atoms with E-state index < -0.39 is 0 Å². The Bertz CT molecular complexity index is 805. The van der Waals surface area contributed by atoms with E-state index in [1.807, 2.05) is 30.3 Å². The number of anilines is 2. The number of carbonyl (C=O) groups excluding carboxylic acids is 2. The molecule has 0 saturated carbocycles.